The van der Waals surface area contributed by atoms with Gasteiger partial charge in [0.2, 0.25) is 5.91 Å². The lowest BCUT2D eigenvalue weighted by atomic mass is 9.80. The van der Waals surface area contributed by atoms with E-state index in [9.17, 15) is 14.7 Å². The van der Waals surface area contributed by atoms with Crippen LogP contribution < -0.4 is 0 Å². The molecule has 1 fully saturated rings. The molecule has 1 rings (SSSR count). The minimum atomic E-state index is -1.01. The molecule has 4 heteroatoms. The molecule has 0 spiro atoms. The van der Waals surface area contributed by atoms with Gasteiger partial charge in [-0.1, -0.05) is 33.6 Å². The van der Waals surface area contributed by atoms with Crippen LogP contribution in [0.3, 0.4) is 0 Å². The Balaban J connectivity index is 2.80. The van der Waals surface area contributed by atoms with Crippen molar-refractivity contribution in [2.45, 2.75) is 46.5 Å². The van der Waals surface area contributed by atoms with Gasteiger partial charge in [-0.15, -0.1) is 0 Å². The van der Waals surface area contributed by atoms with E-state index in [2.05, 4.69) is 0 Å². The third kappa shape index (κ3) is 3.72. The first-order valence-electron chi connectivity index (χ1n) is 6.35. The van der Waals surface area contributed by atoms with Crippen LogP contribution in [0.2, 0.25) is 0 Å². The molecule has 1 aliphatic heterocycles. The average Bonchev–Trinajstić information content (AvgIpc) is 2.42. The maximum Gasteiger partial charge on any atom is 0.316 e. The van der Waals surface area contributed by atoms with E-state index in [1.807, 2.05) is 20.8 Å². The van der Waals surface area contributed by atoms with Gasteiger partial charge in [0.1, 0.15) is 5.92 Å². The first-order chi connectivity index (χ1) is 7.84. The van der Waals surface area contributed by atoms with Gasteiger partial charge >= 0.3 is 5.97 Å². The van der Waals surface area contributed by atoms with Gasteiger partial charge in [-0.25, -0.2) is 0 Å². The Kier molecular flexibility index (Phi) is 4.54. The molecule has 0 aliphatic carbocycles. The smallest absolute Gasteiger partial charge is 0.316 e. The van der Waals surface area contributed by atoms with Crippen molar-refractivity contribution in [1.82, 2.24) is 4.90 Å². The molecule has 17 heavy (non-hydrogen) atoms. The van der Waals surface area contributed by atoms with E-state index in [-0.39, 0.29) is 5.91 Å². The van der Waals surface area contributed by atoms with Crippen LogP contribution in [-0.2, 0) is 9.59 Å². The van der Waals surface area contributed by atoms with Crippen LogP contribution in [0.25, 0.3) is 0 Å². The summed E-state index contributed by atoms with van der Waals surface area (Å²) in [5.74, 6) is -2.15. The summed E-state index contributed by atoms with van der Waals surface area (Å²) in [5, 5.41) is 9.23. The number of carbonyl (C=O) groups excluding carboxylic acids is 1. The molecule has 0 bridgehead atoms. The first-order valence-corrected chi connectivity index (χ1v) is 6.35. The van der Waals surface area contributed by atoms with Gasteiger partial charge in [0.15, 0.2) is 0 Å². The van der Waals surface area contributed by atoms with Crippen LogP contribution in [0.15, 0.2) is 0 Å². The predicted octanol–water partition coefficient (Wildman–Crippen LogP) is 2.14. The Bertz CT molecular complexity index is 286. The zero-order chi connectivity index (χ0) is 13.1. The van der Waals surface area contributed by atoms with Crippen molar-refractivity contribution in [3.05, 3.63) is 0 Å². The van der Waals surface area contributed by atoms with Gasteiger partial charge in [-0.2, -0.15) is 0 Å². The van der Waals surface area contributed by atoms with Crippen molar-refractivity contribution >= 4 is 11.9 Å². The van der Waals surface area contributed by atoms with Crippen molar-refractivity contribution in [3.63, 3.8) is 0 Å². The second-order valence-electron chi connectivity index (χ2n) is 5.88. The van der Waals surface area contributed by atoms with Crippen LogP contribution in [-0.4, -0.2) is 35.0 Å². The first kappa shape index (κ1) is 14.0. The fourth-order valence-electron chi connectivity index (χ4n) is 2.32. The Morgan fingerprint density at radius 1 is 1.06 bits per heavy atom. The second-order valence-corrected chi connectivity index (χ2v) is 5.88. The number of carboxylic acid groups (broad SMARTS) is 1. The molecule has 0 aromatic rings. The number of likely N-dealkylation sites (tertiary alicyclic amines) is 1. The van der Waals surface area contributed by atoms with Crippen molar-refractivity contribution in [1.29, 1.82) is 0 Å². The van der Waals surface area contributed by atoms with E-state index < -0.39 is 17.3 Å². The molecule has 98 valence electrons. The molecule has 1 atom stereocenters. The minimum Gasteiger partial charge on any atom is -0.481 e. The molecule has 0 saturated carbocycles. The molecular weight excluding hydrogens is 218 g/mol. The fourth-order valence-corrected chi connectivity index (χ4v) is 2.32. The molecule has 0 aromatic carbocycles. The van der Waals surface area contributed by atoms with Crippen molar-refractivity contribution in [2.75, 3.05) is 13.1 Å². The van der Waals surface area contributed by atoms with Gasteiger partial charge in [0.05, 0.1) is 0 Å². The summed E-state index contributed by atoms with van der Waals surface area (Å²) >= 11 is 0. The van der Waals surface area contributed by atoms with E-state index >= 15 is 0 Å². The third-order valence-electron chi connectivity index (χ3n) is 3.28. The Morgan fingerprint density at radius 2 is 1.53 bits per heavy atom. The van der Waals surface area contributed by atoms with Crippen LogP contribution in [0, 0.1) is 11.3 Å². The molecule has 4 nitrogen and oxygen atoms in total. The van der Waals surface area contributed by atoms with Gasteiger partial charge in [-0.05, 0) is 18.3 Å². The molecule has 1 heterocycles. The third-order valence-corrected chi connectivity index (χ3v) is 3.28. The number of hydrogen-bond donors (Lipinski definition) is 1. The summed E-state index contributed by atoms with van der Waals surface area (Å²) in [5.41, 5.74) is -0.533. The summed E-state index contributed by atoms with van der Waals surface area (Å²) in [6.45, 7) is 6.84. The zero-order valence-corrected chi connectivity index (χ0v) is 11.0. The Morgan fingerprint density at radius 3 is 1.88 bits per heavy atom. The molecule has 1 unspecified atom stereocenters. The summed E-state index contributed by atoms with van der Waals surface area (Å²) in [6, 6.07) is 0. The number of amides is 1. The molecule has 1 saturated heterocycles. The highest BCUT2D eigenvalue weighted by Gasteiger charge is 2.40. The number of nitrogens with zero attached hydrogens (tertiary/aromatic N) is 1. The second kappa shape index (κ2) is 5.52. The van der Waals surface area contributed by atoms with Crippen LogP contribution >= 0.6 is 0 Å². The predicted molar refractivity (Wildman–Crippen MR) is 65.6 cm³/mol. The summed E-state index contributed by atoms with van der Waals surface area (Å²) < 4.78 is 0. The molecular formula is C13H23NO3. The SMILES string of the molecule is CC(C)(C)C(C(=O)O)C(=O)N1CCCCCC1. The molecule has 1 N–H and O–H groups in total. The highest BCUT2D eigenvalue weighted by molar-refractivity contribution is 5.97. The summed E-state index contributed by atoms with van der Waals surface area (Å²) in [4.78, 5) is 25.3. The van der Waals surface area contributed by atoms with E-state index in [1.54, 1.807) is 4.90 Å². The van der Waals surface area contributed by atoms with Gasteiger partial charge in [-0.3, -0.25) is 9.59 Å². The standard InChI is InChI=1S/C13H23NO3/c1-13(2,3)10(12(16)17)11(15)14-8-6-4-5-7-9-14/h10H,4-9H2,1-3H3,(H,16,17). The molecule has 1 aliphatic rings. The van der Waals surface area contributed by atoms with E-state index in [0.717, 1.165) is 25.7 Å². The fraction of sp³-hybridized carbons (Fsp3) is 0.846. The maximum absolute atomic E-state index is 12.3. The highest BCUT2D eigenvalue weighted by atomic mass is 16.4. The topological polar surface area (TPSA) is 57.6 Å². The maximum atomic E-state index is 12.3. The number of carbonyl (C=O) groups is 2. The van der Waals surface area contributed by atoms with Crippen LogP contribution in [0.4, 0.5) is 0 Å². The Labute approximate surface area is 103 Å². The monoisotopic (exact) mass is 241 g/mol. The van der Waals surface area contributed by atoms with Crippen LogP contribution in [0.1, 0.15) is 46.5 Å². The lowest BCUT2D eigenvalue weighted by molar-refractivity contribution is -0.156. The summed E-state index contributed by atoms with van der Waals surface area (Å²) in [6.07, 6.45) is 4.25. The van der Waals surface area contributed by atoms with Crippen molar-refractivity contribution in [3.8, 4) is 0 Å². The van der Waals surface area contributed by atoms with Crippen molar-refractivity contribution in [2.24, 2.45) is 11.3 Å². The lowest BCUT2D eigenvalue weighted by Gasteiger charge is -2.31. The molecule has 0 radical (unpaired) electrons. The zero-order valence-electron chi connectivity index (χ0n) is 11.0. The average molecular weight is 241 g/mol. The van der Waals surface area contributed by atoms with E-state index in [4.69, 9.17) is 0 Å². The lowest BCUT2D eigenvalue weighted by Crippen LogP contribution is -2.45. The van der Waals surface area contributed by atoms with Gasteiger partial charge < -0.3 is 10.0 Å². The van der Waals surface area contributed by atoms with Crippen molar-refractivity contribution < 1.29 is 14.7 Å². The molecule has 1 amide bonds. The normalized spacial score (nSPS) is 19.6. The number of hydrogen-bond acceptors (Lipinski definition) is 2. The minimum absolute atomic E-state index is 0.216. The van der Waals surface area contributed by atoms with E-state index in [0.29, 0.717) is 13.1 Å². The highest BCUT2D eigenvalue weighted by Crippen LogP contribution is 2.28. The van der Waals surface area contributed by atoms with Gasteiger partial charge in [0.25, 0.3) is 0 Å². The van der Waals surface area contributed by atoms with Gasteiger partial charge in [0, 0.05) is 13.1 Å². The summed E-state index contributed by atoms with van der Waals surface area (Å²) in [7, 11) is 0. The molecule has 0 aromatic heterocycles. The number of carboxylic acids is 1. The largest absolute Gasteiger partial charge is 0.481 e. The Hall–Kier alpha value is -1.06. The quantitative estimate of drug-likeness (QED) is 0.753. The number of rotatable bonds is 2. The van der Waals surface area contributed by atoms with Crippen LogP contribution in [0.5, 0.6) is 0 Å². The van der Waals surface area contributed by atoms with E-state index in [1.165, 1.54) is 0 Å². The number of aliphatic carboxylic acids is 1.